The topological polar surface area (TPSA) is 60.9 Å². The van der Waals surface area contributed by atoms with Crippen LogP contribution in [-0.2, 0) is 26.7 Å². The van der Waals surface area contributed by atoms with E-state index < -0.39 is 35.4 Å². The Morgan fingerprint density at radius 1 is 0.860 bits per heavy atom. The first kappa shape index (κ1) is 32.1. The van der Waals surface area contributed by atoms with Crippen molar-refractivity contribution in [2.24, 2.45) is 5.92 Å². The first-order chi connectivity index (χ1) is 20.1. The van der Waals surface area contributed by atoms with Crippen molar-refractivity contribution in [3.8, 4) is 0 Å². The molecule has 0 aliphatic carbocycles. The van der Waals surface area contributed by atoms with Gasteiger partial charge in [-0.1, -0.05) is 30.3 Å². The quantitative estimate of drug-likeness (QED) is 0.380. The van der Waals surface area contributed by atoms with Crippen LogP contribution in [0.1, 0.15) is 61.4 Å². The minimum atomic E-state index is -5.01. The highest BCUT2D eigenvalue weighted by Crippen LogP contribution is 2.39. The SMILES string of the molecule is CC(=O)N1CCC(C(=O)N2CCC(C(=O)N(C)[C@@H](C)c3cc(C(F)(F)F)cc(C(F)(F)F)c3)=C(c3ccccc3)C2)CC1. The summed E-state index contributed by atoms with van der Waals surface area (Å²) < 4.78 is 80.8. The molecular formula is C31H33F6N3O3. The Kier molecular flexibility index (Phi) is 9.27. The third-order valence-corrected chi connectivity index (χ3v) is 8.32. The fraction of sp³-hybridized carbons (Fsp3) is 0.452. The van der Waals surface area contributed by atoms with E-state index in [2.05, 4.69) is 0 Å². The number of nitrogens with zero attached hydrogens (tertiary/aromatic N) is 3. The Hall–Kier alpha value is -3.83. The van der Waals surface area contributed by atoms with Crippen LogP contribution in [0.15, 0.2) is 54.1 Å². The van der Waals surface area contributed by atoms with Crippen molar-refractivity contribution < 1.29 is 40.7 Å². The number of alkyl halides is 6. The average molecular weight is 610 g/mol. The van der Waals surface area contributed by atoms with Crippen molar-refractivity contribution in [2.45, 2.75) is 51.5 Å². The lowest BCUT2D eigenvalue weighted by Crippen LogP contribution is -2.46. The lowest BCUT2D eigenvalue weighted by atomic mass is 9.90. The molecule has 3 amide bonds. The molecule has 0 radical (unpaired) electrons. The average Bonchev–Trinajstić information content (AvgIpc) is 2.98. The predicted octanol–water partition coefficient (Wildman–Crippen LogP) is 6.19. The molecule has 2 aromatic carbocycles. The van der Waals surface area contributed by atoms with Crippen LogP contribution in [0.2, 0.25) is 0 Å². The molecule has 2 aliphatic heterocycles. The van der Waals surface area contributed by atoms with Gasteiger partial charge in [-0.3, -0.25) is 14.4 Å². The maximum Gasteiger partial charge on any atom is 0.416 e. The lowest BCUT2D eigenvalue weighted by molar-refractivity contribution is -0.143. The molecule has 6 nitrogen and oxygen atoms in total. The standard InChI is InChI=1S/C31H33F6N3O3/c1-19(23-15-24(30(32,33)34)17-25(16-23)31(35,36)37)38(3)29(43)26-11-14-40(18-27(26)21-7-5-4-6-8-21)28(42)22-9-12-39(13-10-22)20(2)41/h4-8,15-17,19,22H,9-14,18H2,1-3H3/t19-/m0/s1. The maximum atomic E-state index is 13.8. The molecule has 43 heavy (non-hydrogen) atoms. The number of amides is 3. The number of carbonyl (C=O) groups excluding carboxylic acids is 3. The molecule has 2 aromatic rings. The summed E-state index contributed by atoms with van der Waals surface area (Å²) in [6.07, 6.45) is -8.80. The lowest BCUT2D eigenvalue weighted by Gasteiger charge is -2.37. The van der Waals surface area contributed by atoms with Gasteiger partial charge < -0.3 is 14.7 Å². The molecule has 4 rings (SSSR count). The summed E-state index contributed by atoms with van der Waals surface area (Å²) in [6.45, 7) is 4.19. The second kappa shape index (κ2) is 12.4. The van der Waals surface area contributed by atoms with E-state index in [1.54, 1.807) is 40.1 Å². The molecule has 1 fully saturated rings. The molecule has 1 saturated heterocycles. The number of benzene rings is 2. The number of likely N-dealkylation sites (tertiary alicyclic amines) is 1. The van der Waals surface area contributed by atoms with E-state index in [4.69, 9.17) is 0 Å². The van der Waals surface area contributed by atoms with Gasteiger partial charge in [0, 0.05) is 51.6 Å². The predicted molar refractivity (Wildman–Crippen MR) is 147 cm³/mol. The van der Waals surface area contributed by atoms with Gasteiger partial charge in [-0.25, -0.2) is 0 Å². The molecule has 0 unspecified atom stereocenters. The normalized spacial score (nSPS) is 17.6. The molecule has 232 valence electrons. The molecule has 0 saturated carbocycles. The van der Waals surface area contributed by atoms with Crippen molar-refractivity contribution in [2.75, 3.05) is 33.2 Å². The van der Waals surface area contributed by atoms with E-state index in [1.807, 2.05) is 0 Å². The van der Waals surface area contributed by atoms with Crippen LogP contribution >= 0.6 is 0 Å². The van der Waals surface area contributed by atoms with E-state index in [-0.39, 0.29) is 48.9 Å². The summed E-state index contributed by atoms with van der Waals surface area (Å²) in [6, 6.07) is 9.12. The second-order valence-electron chi connectivity index (χ2n) is 11.0. The van der Waals surface area contributed by atoms with Gasteiger partial charge in [-0.05, 0) is 61.1 Å². The number of halogens is 6. The Morgan fingerprint density at radius 2 is 1.42 bits per heavy atom. The molecule has 2 heterocycles. The molecule has 0 bridgehead atoms. The van der Waals surface area contributed by atoms with Crippen molar-refractivity contribution >= 4 is 23.3 Å². The third-order valence-electron chi connectivity index (χ3n) is 8.32. The van der Waals surface area contributed by atoms with Gasteiger partial charge in [0.05, 0.1) is 17.2 Å². The van der Waals surface area contributed by atoms with Gasteiger partial charge in [-0.15, -0.1) is 0 Å². The second-order valence-corrected chi connectivity index (χ2v) is 11.0. The first-order valence-electron chi connectivity index (χ1n) is 14.0. The summed E-state index contributed by atoms with van der Waals surface area (Å²) in [7, 11) is 1.34. The van der Waals surface area contributed by atoms with Crippen LogP contribution in [0.4, 0.5) is 26.3 Å². The smallest absolute Gasteiger partial charge is 0.343 e. The van der Waals surface area contributed by atoms with E-state index in [1.165, 1.54) is 20.9 Å². The largest absolute Gasteiger partial charge is 0.416 e. The number of piperidine rings is 1. The molecule has 0 spiro atoms. The fourth-order valence-electron chi connectivity index (χ4n) is 5.62. The number of hydrogen-bond acceptors (Lipinski definition) is 3. The van der Waals surface area contributed by atoms with Gasteiger partial charge in [0.15, 0.2) is 0 Å². The van der Waals surface area contributed by atoms with Crippen LogP contribution in [0, 0.1) is 5.92 Å². The zero-order chi connectivity index (χ0) is 31.7. The molecule has 0 aromatic heterocycles. The monoisotopic (exact) mass is 609 g/mol. The van der Waals surface area contributed by atoms with Gasteiger partial charge in [0.25, 0.3) is 0 Å². The highest BCUT2D eigenvalue weighted by Gasteiger charge is 2.39. The maximum absolute atomic E-state index is 13.8. The molecule has 2 aliphatic rings. The van der Waals surface area contributed by atoms with Crippen LogP contribution in [-0.4, -0.2) is 65.6 Å². The van der Waals surface area contributed by atoms with Gasteiger partial charge in [0.2, 0.25) is 17.7 Å². The van der Waals surface area contributed by atoms with Gasteiger partial charge in [-0.2, -0.15) is 26.3 Å². The van der Waals surface area contributed by atoms with Crippen molar-refractivity contribution in [3.05, 3.63) is 76.4 Å². The highest BCUT2D eigenvalue weighted by molar-refractivity contribution is 6.02. The Labute approximate surface area is 245 Å². The highest BCUT2D eigenvalue weighted by atomic mass is 19.4. The van der Waals surface area contributed by atoms with Crippen LogP contribution in [0.3, 0.4) is 0 Å². The van der Waals surface area contributed by atoms with Crippen LogP contribution < -0.4 is 0 Å². The van der Waals surface area contributed by atoms with Crippen molar-refractivity contribution in [1.29, 1.82) is 0 Å². The van der Waals surface area contributed by atoms with Gasteiger partial charge >= 0.3 is 12.4 Å². The minimum absolute atomic E-state index is 0.0422. The summed E-state index contributed by atoms with van der Waals surface area (Å²) >= 11 is 0. The first-order valence-corrected chi connectivity index (χ1v) is 14.0. The van der Waals surface area contributed by atoms with Crippen LogP contribution in [0.25, 0.3) is 5.57 Å². The van der Waals surface area contributed by atoms with E-state index in [0.717, 1.165) is 4.90 Å². The van der Waals surface area contributed by atoms with E-state index in [9.17, 15) is 40.7 Å². The molecule has 0 N–H and O–H groups in total. The van der Waals surface area contributed by atoms with Crippen molar-refractivity contribution in [3.63, 3.8) is 0 Å². The van der Waals surface area contributed by atoms with Gasteiger partial charge in [0.1, 0.15) is 0 Å². The number of carbonyl (C=O) groups is 3. The zero-order valence-electron chi connectivity index (χ0n) is 24.1. The third kappa shape index (κ3) is 7.22. The summed E-state index contributed by atoms with van der Waals surface area (Å²) in [4.78, 5) is 43.5. The molecular weight excluding hydrogens is 576 g/mol. The Bertz CT molecular complexity index is 1360. The van der Waals surface area contributed by atoms with E-state index >= 15 is 0 Å². The minimum Gasteiger partial charge on any atom is -0.343 e. The Morgan fingerprint density at radius 3 is 1.93 bits per heavy atom. The summed E-state index contributed by atoms with van der Waals surface area (Å²) in [5.74, 6) is -0.927. The summed E-state index contributed by atoms with van der Waals surface area (Å²) in [5, 5.41) is 0. The molecule has 1 atom stereocenters. The molecule has 12 heteroatoms. The zero-order valence-corrected chi connectivity index (χ0v) is 24.1. The summed E-state index contributed by atoms with van der Waals surface area (Å²) in [5.41, 5.74) is -1.59. The van der Waals surface area contributed by atoms with Crippen molar-refractivity contribution in [1.82, 2.24) is 14.7 Å². The number of likely N-dealkylation sites (N-methyl/N-ethyl adjacent to an activating group) is 1. The van der Waals surface area contributed by atoms with E-state index in [0.29, 0.717) is 54.8 Å². The number of rotatable bonds is 5. The Balaban J connectivity index is 1.63. The fourth-order valence-corrected chi connectivity index (χ4v) is 5.62. The number of hydrogen-bond donors (Lipinski definition) is 0. The van der Waals surface area contributed by atoms with Crippen LogP contribution in [0.5, 0.6) is 0 Å².